The van der Waals surface area contributed by atoms with E-state index >= 15 is 0 Å². The van der Waals surface area contributed by atoms with E-state index in [9.17, 15) is 9.90 Å². The van der Waals surface area contributed by atoms with Crippen LogP contribution >= 0.6 is 0 Å². The average molecular weight is 416 g/mol. The maximum atomic E-state index is 11.7. The molecule has 31 heavy (non-hydrogen) atoms. The van der Waals surface area contributed by atoms with E-state index in [0.717, 1.165) is 42.0 Å². The minimum Gasteiger partial charge on any atom is -0.476 e. The smallest absolute Gasteiger partial charge is 0.358 e. The zero-order chi connectivity index (χ0) is 21.8. The molecular weight excluding hydrogens is 392 g/mol. The van der Waals surface area contributed by atoms with Crippen LogP contribution in [-0.2, 0) is 19.3 Å². The highest BCUT2D eigenvalue weighted by molar-refractivity contribution is 5.86. The predicted octanol–water partition coefficient (Wildman–Crippen LogP) is 4.34. The first-order valence-electron chi connectivity index (χ1n) is 10.3. The molecule has 4 rings (SSSR count). The highest BCUT2D eigenvalue weighted by Gasteiger charge is 2.19. The zero-order valence-corrected chi connectivity index (χ0v) is 17.6. The third-order valence-electron chi connectivity index (χ3n) is 5.11. The highest BCUT2D eigenvalue weighted by Crippen LogP contribution is 2.17. The van der Waals surface area contributed by atoms with E-state index < -0.39 is 5.97 Å². The van der Waals surface area contributed by atoms with Gasteiger partial charge in [-0.05, 0) is 49.4 Å². The molecule has 2 aromatic carbocycles. The number of para-hydroxylation sites is 1. The van der Waals surface area contributed by atoms with Gasteiger partial charge in [-0.2, -0.15) is 9.90 Å². The fourth-order valence-electron chi connectivity index (χ4n) is 3.65. The molecule has 0 spiro atoms. The molecule has 0 atom stereocenters. The van der Waals surface area contributed by atoms with Crippen LogP contribution in [0, 0.1) is 13.8 Å². The van der Waals surface area contributed by atoms with E-state index in [4.69, 9.17) is 4.42 Å². The Morgan fingerprint density at radius 3 is 2.45 bits per heavy atom. The quantitative estimate of drug-likeness (QED) is 0.459. The van der Waals surface area contributed by atoms with Crippen LogP contribution in [0.1, 0.15) is 51.1 Å². The summed E-state index contributed by atoms with van der Waals surface area (Å²) < 4.78 is 5.49. The Hall–Kier alpha value is -3.74. The van der Waals surface area contributed by atoms with Crippen molar-refractivity contribution in [2.24, 2.45) is 0 Å². The lowest BCUT2D eigenvalue weighted by Gasteiger charge is -2.05. The molecule has 0 amide bonds. The van der Waals surface area contributed by atoms with Crippen molar-refractivity contribution in [3.8, 4) is 5.69 Å². The third-order valence-corrected chi connectivity index (χ3v) is 5.11. The van der Waals surface area contributed by atoms with Crippen molar-refractivity contribution in [1.82, 2.24) is 20.0 Å². The van der Waals surface area contributed by atoms with Crippen LogP contribution < -0.4 is 0 Å². The number of aromatic nitrogens is 4. The van der Waals surface area contributed by atoms with Gasteiger partial charge >= 0.3 is 5.97 Å². The summed E-state index contributed by atoms with van der Waals surface area (Å²) in [4.78, 5) is 17.5. The van der Waals surface area contributed by atoms with Crippen molar-refractivity contribution in [1.29, 1.82) is 0 Å². The Bertz CT molecular complexity index is 1190. The summed E-state index contributed by atoms with van der Waals surface area (Å²) in [7, 11) is 0. The number of aromatic carboxylic acids is 1. The van der Waals surface area contributed by atoms with E-state index in [-0.39, 0.29) is 5.69 Å². The topological polar surface area (TPSA) is 94.0 Å². The van der Waals surface area contributed by atoms with E-state index in [2.05, 4.69) is 27.3 Å². The standard InChI is InChI=1S/C24H24N4O3/c1-16-21(25-17(2)31-16)13-7-9-18-8-6-10-19(14-18)15-22-23(24(29)30)27-28(26-22)20-11-4-3-5-12-20/h3-6,8,10-12,14H,7,9,13,15H2,1-2H3,(H,29,30). The van der Waals surface area contributed by atoms with Crippen LogP contribution in [0.15, 0.2) is 59.0 Å². The molecule has 1 N–H and O–H groups in total. The number of benzene rings is 2. The van der Waals surface area contributed by atoms with Gasteiger partial charge in [0.2, 0.25) is 0 Å². The maximum absolute atomic E-state index is 11.7. The van der Waals surface area contributed by atoms with Gasteiger partial charge in [0.05, 0.1) is 11.4 Å². The first-order valence-corrected chi connectivity index (χ1v) is 10.3. The fourth-order valence-corrected chi connectivity index (χ4v) is 3.65. The number of carboxylic acid groups (broad SMARTS) is 1. The predicted molar refractivity (Wildman–Crippen MR) is 116 cm³/mol. The monoisotopic (exact) mass is 416 g/mol. The molecule has 0 saturated carbocycles. The molecule has 0 saturated heterocycles. The van der Waals surface area contributed by atoms with Crippen molar-refractivity contribution in [3.63, 3.8) is 0 Å². The van der Waals surface area contributed by atoms with E-state index in [0.29, 0.717) is 18.0 Å². The number of hydrogen-bond acceptors (Lipinski definition) is 5. The molecule has 0 bridgehead atoms. The molecule has 7 nitrogen and oxygen atoms in total. The van der Waals surface area contributed by atoms with E-state index in [1.165, 1.54) is 10.4 Å². The molecule has 7 heteroatoms. The molecule has 0 radical (unpaired) electrons. The Morgan fingerprint density at radius 1 is 0.968 bits per heavy atom. The molecule has 2 heterocycles. The number of hydrogen-bond donors (Lipinski definition) is 1. The summed E-state index contributed by atoms with van der Waals surface area (Å²) in [5.41, 5.74) is 4.37. The molecule has 4 aromatic rings. The Morgan fingerprint density at radius 2 is 1.74 bits per heavy atom. The summed E-state index contributed by atoms with van der Waals surface area (Å²) in [6, 6.07) is 17.5. The average Bonchev–Trinajstić information content (AvgIpc) is 3.32. The highest BCUT2D eigenvalue weighted by atomic mass is 16.4. The van der Waals surface area contributed by atoms with Gasteiger partial charge in [-0.1, -0.05) is 42.5 Å². The van der Waals surface area contributed by atoms with Crippen molar-refractivity contribution < 1.29 is 14.3 Å². The van der Waals surface area contributed by atoms with E-state index in [1.54, 1.807) is 0 Å². The minimum atomic E-state index is -1.08. The third kappa shape index (κ3) is 4.88. The van der Waals surface area contributed by atoms with Gasteiger partial charge in [0.15, 0.2) is 11.6 Å². The summed E-state index contributed by atoms with van der Waals surface area (Å²) in [5, 5.41) is 18.2. The Labute approximate surface area is 180 Å². The lowest BCUT2D eigenvalue weighted by Crippen LogP contribution is -2.03. The Kier molecular flexibility index (Phi) is 5.93. The first-order chi connectivity index (χ1) is 15.0. The lowest BCUT2D eigenvalue weighted by atomic mass is 10.0. The van der Waals surface area contributed by atoms with Crippen molar-refractivity contribution >= 4 is 5.97 Å². The molecule has 0 fully saturated rings. The summed E-state index contributed by atoms with van der Waals surface area (Å²) in [5.74, 6) is 0.507. The number of carbonyl (C=O) groups is 1. The fraction of sp³-hybridized carbons (Fsp3) is 0.250. The van der Waals surface area contributed by atoms with Crippen LogP contribution in [0.5, 0.6) is 0 Å². The number of rotatable bonds is 8. The van der Waals surface area contributed by atoms with Gasteiger partial charge in [0.1, 0.15) is 11.5 Å². The van der Waals surface area contributed by atoms with Gasteiger partial charge in [0.25, 0.3) is 0 Å². The molecule has 0 aliphatic rings. The number of oxazole rings is 1. The van der Waals surface area contributed by atoms with Crippen molar-refractivity contribution in [2.75, 3.05) is 0 Å². The summed E-state index contributed by atoms with van der Waals surface area (Å²) in [6.07, 6.45) is 3.13. The summed E-state index contributed by atoms with van der Waals surface area (Å²) >= 11 is 0. The SMILES string of the molecule is Cc1nc(CCCc2cccc(Cc3nn(-c4ccccc4)nc3C(=O)O)c2)c(C)o1. The van der Waals surface area contributed by atoms with Crippen LogP contribution in [0.3, 0.4) is 0 Å². The molecule has 2 aromatic heterocycles. The molecule has 0 aliphatic heterocycles. The minimum absolute atomic E-state index is 0.0221. The van der Waals surface area contributed by atoms with Crippen molar-refractivity contribution in [3.05, 3.63) is 94.5 Å². The number of nitrogens with zero attached hydrogens (tertiary/aromatic N) is 4. The second kappa shape index (κ2) is 8.95. The second-order valence-corrected chi connectivity index (χ2v) is 7.51. The van der Waals surface area contributed by atoms with Crippen LogP contribution in [-0.4, -0.2) is 31.1 Å². The molecular formula is C24H24N4O3. The molecule has 0 aliphatic carbocycles. The maximum Gasteiger partial charge on any atom is 0.358 e. The van der Waals surface area contributed by atoms with E-state index in [1.807, 2.05) is 56.3 Å². The van der Waals surface area contributed by atoms with Gasteiger partial charge in [0, 0.05) is 13.3 Å². The van der Waals surface area contributed by atoms with Gasteiger partial charge < -0.3 is 9.52 Å². The Balaban J connectivity index is 1.47. The largest absolute Gasteiger partial charge is 0.476 e. The van der Waals surface area contributed by atoms with Gasteiger partial charge in [-0.3, -0.25) is 0 Å². The van der Waals surface area contributed by atoms with Crippen LogP contribution in [0.2, 0.25) is 0 Å². The second-order valence-electron chi connectivity index (χ2n) is 7.51. The van der Waals surface area contributed by atoms with Gasteiger partial charge in [-0.15, -0.1) is 5.10 Å². The normalized spacial score (nSPS) is 11.0. The first kappa shape index (κ1) is 20.5. The van der Waals surface area contributed by atoms with Crippen LogP contribution in [0.25, 0.3) is 5.69 Å². The van der Waals surface area contributed by atoms with Crippen molar-refractivity contribution in [2.45, 2.75) is 39.5 Å². The molecule has 158 valence electrons. The number of carboxylic acids is 1. The number of aryl methyl sites for hydroxylation is 4. The zero-order valence-electron chi connectivity index (χ0n) is 17.6. The summed E-state index contributed by atoms with van der Waals surface area (Å²) in [6.45, 7) is 3.80. The molecule has 0 unspecified atom stereocenters. The van der Waals surface area contributed by atoms with Gasteiger partial charge in [-0.25, -0.2) is 9.78 Å². The lowest BCUT2D eigenvalue weighted by molar-refractivity contribution is 0.0689. The van der Waals surface area contributed by atoms with Crippen LogP contribution in [0.4, 0.5) is 0 Å².